The van der Waals surface area contributed by atoms with Crippen LogP contribution in [0.1, 0.15) is 44.7 Å². The van der Waals surface area contributed by atoms with E-state index in [2.05, 4.69) is 72.0 Å². The van der Waals surface area contributed by atoms with Gasteiger partial charge in [0.1, 0.15) is 5.65 Å². The lowest BCUT2D eigenvalue weighted by Crippen LogP contribution is -2.34. The van der Waals surface area contributed by atoms with Crippen molar-refractivity contribution in [2.45, 2.75) is 45.4 Å². The number of rotatable bonds is 3. The molecule has 26 heavy (non-hydrogen) atoms. The smallest absolute Gasteiger partial charge is 0.139 e. The van der Waals surface area contributed by atoms with Crippen molar-refractivity contribution >= 4 is 16.7 Å². The number of fused-ring (bicyclic) bond motifs is 1. The molecule has 0 saturated carbocycles. The topological polar surface area (TPSA) is 31.9 Å². The molecule has 136 valence electrons. The number of aromatic nitrogens is 2. The van der Waals surface area contributed by atoms with Gasteiger partial charge in [0.25, 0.3) is 0 Å². The molecule has 1 N–H and O–H groups in total. The molecule has 0 radical (unpaired) electrons. The maximum Gasteiger partial charge on any atom is 0.139 e. The van der Waals surface area contributed by atoms with Crippen LogP contribution in [0.25, 0.3) is 11.0 Å². The van der Waals surface area contributed by atoms with Crippen molar-refractivity contribution in [2.75, 3.05) is 18.0 Å². The first-order chi connectivity index (χ1) is 12.5. The lowest BCUT2D eigenvalue weighted by Gasteiger charge is -2.34. The summed E-state index contributed by atoms with van der Waals surface area (Å²) in [5, 5.41) is 1.24. The summed E-state index contributed by atoms with van der Waals surface area (Å²) in [4.78, 5) is 10.2. The number of hydrogen-bond acceptors (Lipinski definition) is 2. The Hall–Kier alpha value is -2.29. The van der Waals surface area contributed by atoms with Crippen molar-refractivity contribution in [2.24, 2.45) is 5.92 Å². The zero-order valence-corrected chi connectivity index (χ0v) is 16.1. The Balaban J connectivity index is 1.39. The van der Waals surface area contributed by atoms with E-state index in [9.17, 15) is 0 Å². The predicted molar refractivity (Wildman–Crippen MR) is 110 cm³/mol. The molecule has 3 aromatic rings. The van der Waals surface area contributed by atoms with Gasteiger partial charge in [-0.15, -0.1) is 0 Å². The van der Waals surface area contributed by atoms with Crippen molar-refractivity contribution in [1.82, 2.24) is 9.97 Å². The number of piperidine rings is 1. The van der Waals surface area contributed by atoms with Gasteiger partial charge in [0.2, 0.25) is 0 Å². The summed E-state index contributed by atoms with van der Waals surface area (Å²) in [6, 6.07) is 13.6. The molecule has 3 nitrogen and oxygen atoms in total. The minimum Gasteiger partial charge on any atom is -0.371 e. The lowest BCUT2D eigenvalue weighted by atomic mass is 9.85. The van der Waals surface area contributed by atoms with E-state index in [0.717, 1.165) is 24.7 Å². The van der Waals surface area contributed by atoms with Crippen LogP contribution in [-0.4, -0.2) is 23.1 Å². The monoisotopic (exact) mass is 347 g/mol. The molecule has 0 amide bonds. The normalized spacial score (nSPS) is 16.3. The van der Waals surface area contributed by atoms with E-state index in [0.29, 0.717) is 0 Å². The molecular formula is C23H29N3. The first-order valence-corrected chi connectivity index (χ1v) is 9.77. The molecule has 3 heterocycles. The quantitative estimate of drug-likeness (QED) is 0.695. The highest BCUT2D eigenvalue weighted by molar-refractivity contribution is 5.89. The summed E-state index contributed by atoms with van der Waals surface area (Å²) in [6.45, 7) is 9.10. The van der Waals surface area contributed by atoms with Crippen LogP contribution in [0, 0.1) is 5.92 Å². The molecule has 0 bridgehead atoms. The van der Waals surface area contributed by atoms with Crippen molar-refractivity contribution in [3.8, 4) is 0 Å². The van der Waals surface area contributed by atoms with Gasteiger partial charge in [-0.3, -0.25) is 0 Å². The fourth-order valence-electron chi connectivity index (χ4n) is 4.07. The van der Waals surface area contributed by atoms with Gasteiger partial charge < -0.3 is 9.88 Å². The van der Waals surface area contributed by atoms with E-state index < -0.39 is 0 Å². The van der Waals surface area contributed by atoms with Crippen LogP contribution in [0.4, 0.5) is 5.69 Å². The minimum atomic E-state index is 0.234. The number of benzene rings is 1. The Morgan fingerprint density at radius 3 is 2.46 bits per heavy atom. The molecule has 0 aliphatic carbocycles. The van der Waals surface area contributed by atoms with E-state index in [-0.39, 0.29) is 5.41 Å². The number of H-pyrrole nitrogens is 1. The van der Waals surface area contributed by atoms with Crippen LogP contribution < -0.4 is 4.90 Å². The highest BCUT2D eigenvalue weighted by Gasteiger charge is 2.21. The molecule has 4 rings (SSSR count). The van der Waals surface area contributed by atoms with Gasteiger partial charge in [0.05, 0.1) is 0 Å². The van der Waals surface area contributed by atoms with Gasteiger partial charge in [-0.2, -0.15) is 0 Å². The second kappa shape index (κ2) is 6.79. The molecule has 0 unspecified atom stereocenters. The first-order valence-electron chi connectivity index (χ1n) is 9.77. The minimum absolute atomic E-state index is 0.234. The average Bonchev–Trinajstić information content (AvgIpc) is 3.11. The number of hydrogen-bond donors (Lipinski definition) is 1. The third kappa shape index (κ3) is 3.48. The molecule has 0 spiro atoms. The van der Waals surface area contributed by atoms with E-state index >= 15 is 0 Å². The van der Waals surface area contributed by atoms with Crippen molar-refractivity contribution < 1.29 is 0 Å². The molecular weight excluding hydrogens is 318 g/mol. The van der Waals surface area contributed by atoms with Gasteiger partial charge in [0, 0.05) is 36.6 Å². The SMILES string of the molecule is CC(C)(C)c1ccc(CC2CCN(c3ccnc4[nH]ccc34)CC2)cc1. The molecule has 1 aliphatic heterocycles. The Morgan fingerprint density at radius 1 is 1.04 bits per heavy atom. The second-order valence-electron chi connectivity index (χ2n) is 8.65. The zero-order chi connectivity index (χ0) is 18.1. The van der Waals surface area contributed by atoms with Gasteiger partial charge >= 0.3 is 0 Å². The van der Waals surface area contributed by atoms with E-state index in [4.69, 9.17) is 0 Å². The number of aromatic amines is 1. The Labute approximate surface area is 156 Å². The van der Waals surface area contributed by atoms with Crippen LogP contribution in [0.5, 0.6) is 0 Å². The molecule has 1 saturated heterocycles. The number of anilines is 1. The lowest BCUT2D eigenvalue weighted by molar-refractivity contribution is 0.404. The molecule has 1 aliphatic rings. The largest absolute Gasteiger partial charge is 0.371 e. The maximum absolute atomic E-state index is 4.41. The van der Waals surface area contributed by atoms with Crippen molar-refractivity contribution in [3.63, 3.8) is 0 Å². The number of pyridine rings is 1. The second-order valence-corrected chi connectivity index (χ2v) is 8.65. The van der Waals surface area contributed by atoms with Crippen molar-refractivity contribution in [3.05, 3.63) is 59.9 Å². The molecule has 3 heteroatoms. The van der Waals surface area contributed by atoms with Gasteiger partial charge in [0.15, 0.2) is 0 Å². The van der Waals surface area contributed by atoms with Crippen LogP contribution in [0.3, 0.4) is 0 Å². The van der Waals surface area contributed by atoms with Crippen LogP contribution in [0.2, 0.25) is 0 Å². The maximum atomic E-state index is 4.41. The summed E-state index contributed by atoms with van der Waals surface area (Å²) < 4.78 is 0. The Kier molecular flexibility index (Phi) is 4.47. The summed E-state index contributed by atoms with van der Waals surface area (Å²) in [5.41, 5.74) is 5.45. The predicted octanol–water partition coefficient (Wildman–Crippen LogP) is 5.32. The van der Waals surface area contributed by atoms with Crippen LogP contribution in [0.15, 0.2) is 48.8 Å². The van der Waals surface area contributed by atoms with Gasteiger partial charge in [-0.05, 0) is 53.9 Å². The summed E-state index contributed by atoms with van der Waals surface area (Å²) >= 11 is 0. The molecule has 1 fully saturated rings. The molecule has 2 aromatic heterocycles. The highest BCUT2D eigenvalue weighted by Crippen LogP contribution is 2.30. The van der Waals surface area contributed by atoms with E-state index in [1.165, 1.54) is 41.5 Å². The third-order valence-corrected chi connectivity index (χ3v) is 5.74. The van der Waals surface area contributed by atoms with Crippen LogP contribution >= 0.6 is 0 Å². The van der Waals surface area contributed by atoms with Crippen molar-refractivity contribution in [1.29, 1.82) is 0 Å². The average molecular weight is 348 g/mol. The Bertz CT molecular complexity index is 862. The fourth-order valence-corrected chi connectivity index (χ4v) is 4.07. The van der Waals surface area contributed by atoms with Crippen LogP contribution in [-0.2, 0) is 11.8 Å². The zero-order valence-electron chi connectivity index (χ0n) is 16.1. The van der Waals surface area contributed by atoms with Gasteiger partial charge in [-0.25, -0.2) is 4.98 Å². The highest BCUT2D eigenvalue weighted by atomic mass is 15.1. The number of nitrogens with zero attached hydrogens (tertiary/aromatic N) is 2. The fraction of sp³-hybridized carbons (Fsp3) is 0.435. The summed E-state index contributed by atoms with van der Waals surface area (Å²) in [5.74, 6) is 0.787. The van der Waals surface area contributed by atoms with E-state index in [1.54, 1.807) is 0 Å². The standard InChI is InChI=1S/C23H29N3/c1-23(2,3)19-6-4-17(5-7-19)16-18-10-14-26(15-11-18)21-9-13-25-22-20(21)8-12-24-22/h4-9,12-13,18H,10-11,14-16H2,1-3H3,(H,24,25). The Morgan fingerprint density at radius 2 is 1.77 bits per heavy atom. The summed E-state index contributed by atoms with van der Waals surface area (Å²) in [6.07, 6.45) is 7.62. The first kappa shape index (κ1) is 17.1. The van der Waals surface area contributed by atoms with E-state index in [1.807, 2.05) is 12.4 Å². The third-order valence-electron chi connectivity index (χ3n) is 5.74. The molecule has 0 atom stereocenters. The van der Waals surface area contributed by atoms with Gasteiger partial charge in [-0.1, -0.05) is 45.0 Å². The number of nitrogens with one attached hydrogen (secondary N) is 1. The molecule has 1 aromatic carbocycles. The summed E-state index contributed by atoms with van der Waals surface area (Å²) in [7, 11) is 0.